The summed E-state index contributed by atoms with van der Waals surface area (Å²) in [7, 11) is 1.57. The van der Waals surface area contributed by atoms with E-state index in [1.54, 1.807) is 44.4 Å². The Labute approximate surface area is 192 Å². The number of thiazole rings is 1. The molecule has 0 atom stereocenters. The molecule has 2 amide bonds. The molecule has 0 unspecified atom stereocenters. The number of aryl methyl sites for hydroxylation is 1. The Hall–Kier alpha value is -4.18. The van der Waals surface area contributed by atoms with E-state index in [0.717, 1.165) is 15.8 Å². The summed E-state index contributed by atoms with van der Waals surface area (Å²) in [6.45, 7) is 1.30. The van der Waals surface area contributed by atoms with Gasteiger partial charge in [-0.2, -0.15) is 0 Å². The van der Waals surface area contributed by atoms with Gasteiger partial charge in [0.05, 0.1) is 29.2 Å². The lowest BCUT2D eigenvalue weighted by Gasteiger charge is -2.10. The number of nitrogens with zero attached hydrogens (tertiary/aromatic N) is 1. The summed E-state index contributed by atoms with van der Waals surface area (Å²) in [5.74, 6) is -0.829. The highest BCUT2D eigenvalue weighted by Crippen LogP contribution is 2.29. The Morgan fingerprint density at radius 1 is 1.09 bits per heavy atom. The third kappa shape index (κ3) is 5.18. The second kappa shape index (κ2) is 9.53. The number of hydrogen-bond donors (Lipinski definition) is 2. The molecule has 2 aromatic carbocycles. The minimum atomic E-state index is -0.701. The van der Waals surface area contributed by atoms with Crippen molar-refractivity contribution in [2.24, 2.45) is 0 Å². The first-order chi connectivity index (χ1) is 15.9. The summed E-state index contributed by atoms with van der Waals surface area (Å²) >= 11 is 1.28. The summed E-state index contributed by atoms with van der Waals surface area (Å²) in [4.78, 5) is 41.2. The van der Waals surface area contributed by atoms with Gasteiger partial charge in [-0.25, -0.2) is 9.78 Å². The SMILES string of the molecule is COc1ccc2nc(NC(=O)COC(=O)c3ccc(C)c(NC(=O)c4ccco4)c3)sc2c1. The topological polar surface area (TPSA) is 120 Å². The maximum Gasteiger partial charge on any atom is 0.338 e. The van der Waals surface area contributed by atoms with Crippen LogP contribution in [-0.4, -0.2) is 36.5 Å². The first-order valence-electron chi connectivity index (χ1n) is 9.80. The molecule has 0 spiro atoms. The second-order valence-corrected chi connectivity index (χ2v) is 7.97. The minimum Gasteiger partial charge on any atom is -0.497 e. The van der Waals surface area contributed by atoms with E-state index < -0.39 is 24.4 Å². The number of rotatable bonds is 7. The van der Waals surface area contributed by atoms with Crippen molar-refractivity contribution < 1.29 is 28.3 Å². The van der Waals surface area contributed by atoms with E-state index in [1.165, 1.54) is 29.7 Å². The van der Waals surface area contributed by atoms with Crippen molar-refractivity contribution in [3.63, 3.8) is 0 Å². The van der Waals surface area contributed by atoms with Crippen LogP contribution in [0.3, 0.4) is 0 Å². The van der Waals surface area contributed by atoms with E-state index in [-0.39, 0.29) is 11.3 Å². The molecular formula is C23H19N3O6S. The maximum absolute atomic E-state index is 12.4. The number of aromatic nitrogens is 1. The van der Waals surface area contributed by atoms with Crippen LogP contribution in [0, 0.1) is 6.92 Å². The zero-order valence-corrected chi connectivity index (χ0v) is 18.5. The fraction of sp³-hybridized carbons (Fsp3) is 0.130. The van der Waals surface area contributed by atoms with Crippen LogP contribution >= 0.6 is 11.3 Å². The zero-order valence-electron chi connectivity index (χ0n) is 17.7. The molecule has 0 aliphatic rings. The number of methoxy groups -OCH3 is 1. The Balaban J connectivity index is 1.36. The molecule has 0 radical (unpaired) electrons. The Bertz CT molecular complexity index is 1330. The average Bonchev–Trinajstić information content (AvgIpc) is 3.48. The predicted octanol–water partition coefficient (Wildman–Crippen LogP) is 4.25. The first-order valence-corrected chi connectivity index (χ1v) is 10.6. The van der Waals surface area contributed by atoms with Crippen LogP contribution in [0.25, 0.3) is 10.2 Å². The van der Waals surface area contributed by atoms with Gasteiger partial charge in [-0.15, -0.1) is 0 Å². The number of hydrogen-bond acceptors (Lipinski definition) is 8. The number of carbonyl (C=O) groups is 3. The molecule has 0 saturated heterocycles. The molecular weight excluding hydrogens is 446 g/mol. The van der Waals surface area contributed by atoms with Crippen molar-refractivity contribution in [1.29, 1.82) is 0 Å². The van der Waals surface area contributed by atoms with Crippen LogP contribution in [0.5, 0.6) is 5.75 Å². The molecule has 9 nitrogen and oxygen atoms in total. The summed E-state index contributed by atoms with van der Waals surface area (Å²) < 4.78 is 16.2. The van der Waals surface area contributed by atoms with Crippen molar-refractivity contribution >= 4 is 50.2 Å². The molecule has 2 aromatic heterocycles. The molecule has 2 heterocycles. The number of furan rings is 1. The van der Waals surface area contributed by atoms with Crippen molar-refractivity contribution in [2.75, 3.05) is 24.4 Å². The third-order valence-corrected chi connectivity index (χ3v) is 5.58. The minimum absolute atomic E-state index is 0.146. The quantitative estimate of drug-likeness (QED) is 0.392. The van der Waals surface area contributed by atoms with Crippen LogP contribution in [0.1, 0.15) is 26.5 Å². The van der Waals surface area contributed by atoms with E-state index in [9.17, 15) is 14.4 Å². The number of esters is 1. The number of carbonyl (C=O) groups excluding carboxylic acids is 3. The van der Waals surface area contributed by atoms with Gasteiger partial charge < -0.3 is 19.2 Å². The van der Waals surface area contributed by atoms with Crippen LogP contribution in [0.15, 0.2) is 59.2 Å². The maximum atomic E-state index is 12.4. The monoisotopic (exact) mass is 465 g/mol. The molecule has 4 rings (SSSR count). The highest BCUT2D eigenvalue weighted by molar-refractivity contribution is 7.22. The lowest BCUT2D eigenvalue weighted by Crippen LogP contribution is -2.21. The molecule has 33 heavy (non-hydrogen) atoms. The van der Waals surface area contributed by atoms with Crippen LogP contribution in [0.4, 0.5) is 10.8 Å². The molecule has 2 N–H and O–H groups in total. The zero-order chi connectivity index (χ0) is 23.4. The highest BCUT2D eigenvalue weighted by atomic mass is 32.1. The van der Waals surface area contributed by atoms with Gasteiger partial charge in [-0.3, -0.25) is 14.9 Å². The van der Waals surface area contributed by atoms with Gasteiger partial charge in [-0.05, 0) is 55.0 Å². The van der Waals surface area contributed by atoms with Crippen LogP contribution in [0.2, 0.25) is 0 Å². The lowest BCUT2D eigenvalue weighted by atomic mass is 10.1. The molecule has 0 bridgehead atoms. The van der Waals surface area contributed by atoms with Crippen molar-refractivity contribution in [3.05, 3.63) is 71.7 Å². The van der Waals surface area contributed by atoms with Gasteiger partial charge >= 0.3 is 5.97 Å². The summed E-state index contributed by atoms with van der Waals surface area (Å²) in [6, 6.07) is 13.2. The first kappa shape index (κ1) is 22.0. The highest BCUT2D eigenvalue weighted by Gasteiger charge is 2.16. The van der Waals surface area contributed by atoms with Gasteiger partial charge in [0.25, 0.3) is 11.8 Å². The lowest BCUT2D eigenvalue weighted by molar-refractivity contribution is -0.119. The fourth-order valence-electron chi connectivity index (χ4n) is 2.93. The summed E-state index contributed by atoms with van der Waals surface area (Å²) in [6.07, 6.45) is 1.39. The number of ether oxygens (including phenoxy) is 2. The number of anilines is 2. The molecule has 168 valence electrons. The summed E-state index contributed by atoms with van der Waals surface area (Å²) in [5, 5.41) is 5.70. The van der Waals surface area contributed by atoms with Crippen molar-refractivity contribution in [1.82, 2.24) is 4.98 Å². The number of amides is 2. The number of benzene rings is 2. The second-order valence-electron chi connectivity index (χ2n) is 6.94. The molecule has 0 fully saturated rings. The van der Waals surface area contributed by atoms with Gasteiger partial charge in [0.15, 0.2) is 17.5 Å². The van der Waals surface area contributed by atoms with E-state index in [0.29, 0.717) is 16.6 Å². The molecule has 0 aliphatic heterocycles. The number of fused-ring (bicyclic) bond motifs is 1. The summed E-state index contributed by atoms with van der Waals surface area (Å²) in [5.41, 5.74) is 2.09. The van der Waals surface area contributed by atoms with Crippen molar-refractivity contribution in [3.8, 4) is 5.75 Å². The van der Waals surface area contributed by atoms with Crippen molar-refractivity contribution in [2.45, 2.75) is 6.92 Å². The number of nitrogens with one attached hydrogen (secondary N) is 2. The van der Waals surface area contributed by atoms with E-state index in [1.807, 2.05) is 6.07 Å². The van der Waals surface area contributed by atoms with Gasteiger partial charge in [-0.1, -0.05) is 17.4 Å². The average molecular weight is 465 g/mol. The molecule has 0 saturated carbocycles. The van der Waals surface area contributed by atoms with Gasteiger partial charge in [0, 0.05) is 5.69 Å². The van der Waals surface area contributed by atoms with E-state index >= 15 is 0 Å². The van der Waals surface area contributed by atoms with Gasteiger partial charge in [0.1, 0.15) is 5.75 Å². The molecule has 4 aromatic rings. The van der Waals surface area contributed by atoms with E-state index in [4.69, 9.17) is 13.9 Å². The largest absolute Gasteiger partial charge is 0.497 e. The molecule has 10 heteroatoms. The third-order valence-electron chi connectivity index (χ3n) is 4.64. The van der Waals surface area contributed by atoms with Crippen LogP contribution < -0.4 is 15.4 Å². The Morgan fingerprint density at radius 2 is 1.94 bits per heavy atom. The molecule has 0 aliphatic carbocycles. The van der Waals surface area contributed by atoms with Gasteiger partial charge in [0.2, 0.25) is 0 Å². The van der Waals surface area contributed by atoms with E-state index in [2.05, 4.69) is 15.6 Å². The van der Waals surface area contributed by atoms with Crippen LogP contribution in [-0.2, 0) is 9.53 Å². The standard InChI is InChI=1S/C23H19N3O6S/c1-13-5-6-14(10-17(13)24-21(28)18-4-3-9-31-18)22(29)32-12-20(27)26-23-25-16-8-7-15(30-2)11-19(16)33-23/h3-11H,12H2,1-2H3,(H,24,28)(H,25,26,27). The normalized spacial score (nSPS) is 10.6. The smallest absolute Gasteiger partial charge is 0.338 e. The Morgan fingerprint density at radius 3 is 2.70 bits per heavy atom. The Kier molecular flexibility index (Phi) is 6.36. The fourth-order valence-corrected chi connectivity index (χ4v) is 3.84. The predicted molar refractivity (Wildman–Crippen MR) is 123 cm³/mol.